The van der Waals surface area contributed by atoms with E-state index in [9.17, 15) is 14.4 Å². The van der Waals surface area contributed by atoms with Gasteiger partial charge in [-0.1, -0.05) is 0 Å². The van der Waals surface area contributed by atoms with Crippen LogP contribution in [0.15, 0.2) is 42.2 Å². The summed E-state index contributed by atoms with van der Waals surface area (Å²) in [6.45, 7) is 0. The van der Waals surface area contributed by atoms with Crippen molar-refractivity contribution >= 4 is 40.4 Å². The smallest absolute Gasteiger partial charge is 0.318 e. The summed E-state index contributed by atoms with van der Waals surface area (Å²) in [4.78, 5) is 40.0. The lowest BCUT2D eigenvalue weighted by Gasteiger charge is -2.04. The number of allylic oxidation sites excluding steroid dienone is 1. The molecule has 0 unspecified atom stereocenters. The third-order valence-electron chi connectivity index (χ3n) is 4.93. The number of aromatic nitrogens is 1. The highest BCUT2D eigenvalue weighted by molar-refractivity contribution is 6.17. The van der Waals surface area contributed by atoms with Gasteiger partial charge in [0.1, 0.15) is 17.2 Å². The van der Waals surface area contributed by atoms with Gasteiger partial charge in [0, 0.05) is 36.2 Å². The van der Waals surface area contributed by atoms with Gasteiger partial charge in [-0.15, -0.1) is 0 Å². The molecule has 0 aliphatic carbocycles. The third kappa shape index (κ3) is 3.57. The molecule has 1 aliphatic heterocycles. The van der Waals surface area contributed by atoms with Crippen LogP contribution >= 0.6 is 0 Å². The quantitative estimate of drug-likeness (QED) is 0.484. The van der Waals surface area contributed by atoms with E-state index in [0.29, 0.717) is 44.9 Å². The summed E-state index contributed by atoms with van der Waals surface area (Å²) in [5.74, 6) is 0.373. The molecule has 0 bridgehead atoms. The van der Waals surface area contributed by atoms with E-state index in [4.69, 9.17) is 9.47 Å². The summed E-state index contributed by atoms with van der Waals surface area (Å²) in [6, 6.07) is 9.75. The van der Waals surface area contributed by atoms with E-state index in [1.54, 1.807) is 43.5 Å². The van der Waals surface area contributed by atoms with Crippen LogP contribution in [0, 0.1) is 0 Å². The number of hydrogen-bond donors (Lipinski definition) is 4. The predicted octanol–water partition coefficient (Wildman–Crippen LogP) is 2.90. The molecule has 0 atom stereocenters. The maximum Gasteiger partial charge on any atom is 0.318 e. The van der Waals surface area contributed by atoms with E-state index < -0.39 is 6.03 Å². The number of fused-ring (bicyclic) bond motifs is 2. The van der Waals surface area contributed by atoms with Gasteiger partial charge in [-0.05, 0) is 42.5 Å². The lowest BCUT2D eigenvalue weighted by Crippen LogP contribution is -2.24. The fraction of sp³-hybridized carbons (Fsp3) is 0.136. The van der Waals surface area contributed by atoms with Gasteiger partial charge in [-0.25, -0.2) is 4.79 Å². The van der Waals surface area contributed by atoms with Crippen molar-refractivity contribution < 1.29 is 23.9 Å². The number of methoxy groups -OCH3 is 1. The number of H-pyrrole nitrogens is 1. The van der Waals surface area contributed by atoms with Crippen molar-refractivity contribution in [3.63, 3.8) is 0 Å². The number of carbonyl (C=O) groups excluding carboxylic acids is 3. The van der Waals surface area contributed by atoms with Crippen molar-refractivity contribution in [2.45, 2.75) is 0 Å². The molecule has 4 rings (SSSR count). The molecule has 3 amide bonds. The zero-order valence-electron chi connectivity index (χ0n) is 17.1. The van der Waals surface area contributed by atoms with Crippen molar-refractivity contribution in [3.8, 4) is 11.5 Å². The minimum absolute atomic E-state index is 0.0703. The van der Waals surface area contributed by atoms with E-state index in [2.05, 4.69) is 20.9 Å². The Bertz CT molecular complexity index is 1260. The molecule has 0 radical (unpaired) electrons. The summed E-state index contributed by atoms with van der Waals surface area (Å²) in [5, 5.41) is 8.37. The number of urea groups is 1. The zero-order chi connectivity index (χ0) is 22.1. The number of rotatable bonds is 4. The summed E-state index contributed by atoms with van der Waals surface area (Å²) in [7, 11) is 4.58. The van der Waals surface area contributed by atoms with Crippen LogP contribution in [0.25, 0.3) is 17.0 Å². The molecule has 2 heterocycles. The molecule has 31 heavy (non-hydrogen) atoms. The first-order chi connectivity index (χ1) is 14.9. The van der Waals surface area contributed by atoms with Crippen LogP contribution in [0.4, 0.5) is 10.5 Å². The van der Waals surface area contributed by atoms with Gasteiger partial charge in [-0.2, -0.15) is 0 Å². The Kier molecular flexibility index (Phi) is 5.08. The minimum Gasteiger partial charge on any atom is -0.497 e. The summed E-state index contributed by atoms with van der Waals surface area (Å²) in [6.07, 6.45) is 1.54. The number of carbonyl (C=O) groups is 3. The topological polar surface area (TPSA) is 122 Å². The Morgan fingerprint density at radius 3 is 2.61 bits per heavy atom. The molecule has 3 aromatic rings. The molecule has 0 spiro atoms. The van der Waals surface area contributed by atoms with Gasteiger partial charge >= 0.3 is 6.03 Å². The van der Waals surface area contributed by atoms with Crippen LogP contribution in [-0.4, -0.2) is 43.9 Å². The fourth-order valence-electron chi connectivity index (χ4n) is 3.36. The summed E-state index contributed by atoms with van der Waals surface area (Å²) >= 11 is 0. The molecule has 0 saturated carbocycles. The maximum atomic E-state index is 13.0. The molecule has 1 aromatic heterocycles. The minimum atomic E-state index is -0.398. The number of ether oxygens (including phenoxy) is 2. The van der Waals surface area contributed by atoms with Crippen LogP contribution in [-0.2, 0) is 0 Å². The van der Waals surface area contributed by atoms with Gasteiger partial charge in [-0.3, -0.25) is 9.59 Å². The second-order valence-electron chi connectivity index (χ2n) is 6.76. The highest BCUT2D eigenvalue weighted by Crippen LogP contribution is 2.36. The molecule has 9 nitrogen and oxygen atoms in total. The lowest BCUT2D eigenvalue weighted by molar-refractivity contribution is 0.0957. The van der Waals surface area contributed by atoms with E-state index in [-0.39, 0.29) is 17.4 Å². The van der Waals surface area contributed by atoms with Crippen LogP contribution < -0.4 is 25.4 Å². The van der Waals surface area contributed by atoms with Crippen molar-refractivity contribution in [1.82, 2.24) is 15.6 Å². The van der Waals surface area contributed by atoms with Gasteiger partial charge < -0.3 is 30.4 Å². The molecule has 0 saturated heterocycles. The van der Waals surface area contributed by atoms with Crippen LogP contribution in [0.1, 0.15) is 26.4 Å². The summed E-state index contributed by atoms with van der Waals surface area (Å²) < 4.78 is 11.1. The number of Topliss-reactive ketones (excluding diaryl/α,β-unsaturated/α-hetero) is 1. The molecule has 1 aliphatic rings. The average Bonchev–Trinajstić information content (AvgIpc) is 3.30. The van der Waals surface area contributed by atoms with Crippen LogP contribution in [0.2, 0.25) is 0 Å². The summed E-state index contributed by atoms with van der Waals surface area (Å²) in [5.41, 5.74) is 2.30. The monoisotopic (exact) mass is 420 g/mol. The number of aromatic amines is 1. The van der Waals surface area contributed by atoms with Gasteiger partial charge in [0.05, 0.1) is 12.7 Å². The Hall–Kier alpha value is -4.27. The van der Waals surface area contributed by atoms with E-state index in [1.165, 1.54) is 20.2 Å². The molecule has 4 N–H and O–H groups in total. The molecule has 2 aromatic carbocycles. The van der Waals surface area contributed by atoms with Crippen molar-refractivity contribution in [2.24, 2.45) is 0 Å². The fourth-order valence-corrected chi connectivity index (χ4v) is 3.36. The Labute approximate surface area is 177 Å². The number of ketones is 1. The van der Waals surface area contributed by atoms with Crippen molar-refractivity contribution in [1.29, 1.82) is 0 Å². The third-order valence-corrected chi connectivity index (χ3v) is 4.93. The second-order valence-corrected chi connectivity index (χ2v) is 6.76. The lowest BCUT2D eigenvalue weighted by atomic mass is 10.1. The SMILES string of the molecule is CNC(=O)Nc1ccc2c(c1)C(=O)C(=Cc1c(C(=O)NC)[nH]c3ccc(OC)cc13)O2. The predicted molar refractivity (Wildman–Crippen MR) is 116 cm³/mol. The normalized spacial score (nSPS) is 13.6. The molecule has 0 fully saturated rings. The highest BCUT2D eigenvalue weighted by Gasteiger charge is 2.29. The first kappa shape index (κ1) is 20.0. The van der Waals surface area contributed by atoms with Gasteiger partial charge in [0.25, 0.3) is 5.91 Å². The standard InChI is InChI=1S/C22H20N4O5/c1-23-21(28)19-14(13-9-12(30-3)5-6-16(13)26-19)10-18-20(27)15-8-11(25-22(29)24-2)4-7-17(15)31-18/h4-10,26H,1-3H3,(H,23,28)(H2,24,25,29). The number of hydrogen-bond acceptors (Lipinski definition) is 5. The van der Waals surface area contributed by atoms with Crippen molar-refractivity contribution in [2.75, 3.05) is 26.5 Å². The number of amides is 3. The van der Waals surface area contributed by atoms with Crippen LogP contribution in [0.3, 0.4) is 0 Å². The van der Waals surface area contributed by atoms with Crippen molar-refractivity contribution in [3.05, 3.63) is 59.0 Å². The van der Waals surface area contributed by atoms with E-state index in [1.807, 2.05) is 0 Å². The largest absolute Gasteiger partial charge is 0.497 e. The molecule has 9 heteroatoms. The number of anilines is 1. The molecular weight excluding hydrogens is 400 g/mol. The second kappa shape index (κ2) is 7.86. The molecular formula is C22H20N4O5. The number of benzene rings is 2. The first-order valence-corrected chi connectivity index (χ1v) is 9.44. The van der Waals surface area contributed by atoms with E-state index >= 15 is 0 Å². The average molecular weight is 420 g/mol. The Morgan fingerprint density at radius 1 is 1.10 bits per heavy atom. The Balaban J connectivity index is 1.78. The molecule has 158 valence electrons. The van der Waals surface area contributed by atoms with Gasteiger partial charge in [0.2, 0.25) is 5.78 Å². The van der Waals surface area contributed by atoms with Gasteiger partial charge in [0.15, 0.2) is 5.76 Å². The maximum absolute atomic E-state index is 13.0. The first-order valence-electron chi connectivity index (χ1n) is 9.44. The Morgan fingerprint density at radius 2 is 1.90 bits per heavy atom. The zero-order valence-corrected chi connectivity index (χ0v) is 17.1. The number of nitrogens with one attached hydrogen (secondary N) is 4. The van der Waals surface area contributed by atoms with E-state index in [0.717, 1.165) is 0 Å². The highest BCUT2D eigenvalue weighted by atomic mass is 16.5. The van der Waals surface area contributed by atoms with Crippen LogP contribution in [0.5, 0.6) is 11.5 Å².